The first-order chi connectivity index (χ1) is 7.74. The van der Waals surface area contributed by atoms with Crippen molar-refractivity contribution in [2.75, 3.05) is 5.43 Å². The number of rotatable bonds is 3. The van der Waals surface area contributed by atoms with Crippen LogP contribution in [0.3, 0.4) is 0 Å². The van der Waals surface area contributed by atoms with Crippen LogP contribution in [0.4, 0.5) is 5.95 Å². The van der Waals surface area contributed by atoms with Crippen LogP contribution in [-0.2, 0) is 0 Å². The average Bonchev–Trinajstić information content (AvgIpc) is 2.64. The second-order valence-corrected chi connectivity index (χ2v) is 3.76. The fraction of sp³-hybridized carbons (Fsp3) is 0. The normalized spacial score (nSPS) is 10.8. The Morgan fingerprint density at radius 1 is 1.44 bits per heavy atom. The van der Waals surface area contributed by atoms with Gasteiger partial charge in [-0.3, -0.25) is 10.2 Å². The fourth-order valence-electron chi connectivity index (χ4n) is 1.08. The van der Waals surface area contributed by atoms with E-state index in [9.17, 15) is 0 Å². The summed E-state index contributed by atoms with van der Waals surface area (Å²) in [6.45, 7) is 0. The van der Waals surface area contributed by atoms with Crippen LogP contribution in [0.5, 0.6) is 0 Å². The highest BCUT2D eigenvalue weighted by Gasteiger charge is 1.92. The first-order valence-corrected chi connectivity index (χ1v) is 5.22. The summed E-state index contributed by atoms with van der Waals surface area (Å²) in [6.07, 6.45) is 1.64. The summed E-state index contributed by atoms with van der Waals surface area (Å²) in [6, 6.07) is 7.35. The molecule has 0 amide bonds. The lowest BCUT2D eigenvalue weighted by molar-refractivity contribution is 1.07. The molecule has 1 aromatic carbocycles. The standard InChI is InChI=1S/C9H8ClN5S/c10-7-3-1-2-6(4-7)5-11-13-8-12-9(16)15-14-8/h1-5H,(H3,12,13,14,15,16)/b11-5-. The van der Waals surface area contributed by atoms with Gasteiger partial charge in [0.15, 0.2) is 0 Å². The predicted molar refractivity (Wildman–Crippen MR) is 66.4 cm³/mol. The molecule has 2 rings (SSSR count). The van der Waals surface area contributed by atoms with Crippen molar-refractivity contribution in [1.82, 2.24) is 15.2 Å². The summed E-state index contributed by atoms with van der Waals surface area (Å²) < 4.78 is 0.375. The molecule has 0 spiro atoms. The molecule has 0 saturated carbocycles. The van der Waals surface area contributed by atoms with E-state index in [0.717, 1.165) is 5.56 Å². The Bertz CT molecular complexity index is 559. The lowest BCUT2D eigenvalue weighted by Crippen LogP contribution is -1.92. The summed E-state index contributed by atoms with van der Waals surface area (Å²) >= 11 is 10.6. The molecule has 5 nitrogen and oxygen atoms in total. The third-order valence-corrected chi connectivity index (χ3v) is 2.16. The zero-order valence-corrected chi connectivity index (χ0v) is 9.64. The van der Waals surface area contributed by atoms with Crippen molar-refractivity contribution >= 4 is 36.0 Å². The molecule has 0 radical (unpaired) electrons. The lowest BCUT2D eigenvalue weighted by Gasteiger charge is -1.94. The van der Waals surface area contributed by atoms with Crippen LogP contribution in [0.2, 0.25) is 5.02 Å². The molecule has 2 aromatic rings. The summed E-state index contributed by atoms with van der Waals surface area (Å²) in [5, 5.41) is 10.0. The van der Waals surface area contributed by atoms with E-state index in [2.05, 4.69) is 25.7 Å². The molecule has 0 unspecified atom stereocenters. The number of nitrogens with one attached hydrogen (secondary N) is 3. The molecule has 0 atom stereocenters. The molecular formula is C9H8ClN5S. The number of nitrogens with zero attached hydrogens (tertiary/aromatic N) is 2. The summed E-state index contributed by atoms with van der Waals surface area (Å²) in [4.78, 5) is 3.91. The zero-order valence-electron chi connectivity index (χ0n) is 8.07. The minimum absolute atomic E-state index is 0.375. The van der Waals surface area contributed by atoms with Gasteiger partial charge in [0.1, 0.15) is 0 Å². The van der Waals surface area contributed by atoms with Gasteiger partial charge in [-0.2, -0.15) is 10.1 Å². The molecule has 0 saturated heterocycles. The van der Waals surface area contributed by atoms with Gasteiger partial charge in [-0.25, -0.2) is 5.43 Å². The van der Waals surface area contributed by atoms with Crippen LogP contribution in [0.1, 0.15) is 5.56 Å². The zero-order chi connectivity index (χ0) is 11.4. The van der Waals surface area contributed by atoms with Crippen molar-refractivity contribution in [3.63, 3.8) is 0 Å². The van der Waals surface area contributed by atoms with Gasteiger partial charge in [0, 0.05) is 5.02 Å². The van der Waals surface area contributed by atoms with Crippen molar-refractivity contribution in [2.24, 2.45) is 5.10 Å². The van der Waals surface area contributed by atoms with Gasteiger partial charge in [0.05, 0.1) is 6.21 Å². The molecule has 1 aromatic heterocycles. The largest absolute Gasteiger partial charge is 0.272 e. The van der Waals surface area contributed by atoms with Crippen LogP contribution in [0.25, 0.3) is 0 Å². The number of aromatic nitrogens is 3. The summed E-state index contributed by atoms with van der Waals surface area (Å²) in [7, 11) is 0. The smallest absolute Gasteiger partial charge is 0.238 e. The maximum Gasteiger partial charge on any atom is 0.238 e. The first kappa shape index (κ1) is 10.8. The summed E-state index contributed by atoms with van der Waals surface area (Å²) in [5.41, 5.74) is 3.59. The predicted octanol–water partition coefficient (Wildman–Crippen LogP) is 2.57. The maximum absolute atomic E-state index is 5.82. The number of halogens is 1. The van der Waals surface area contributed by atoms with Gasteiger partial charge in [-0.15, -0.1) is 0 Å². The Morgan fingerprint density at radius 3 is 3.00 bits per heavy atom. The van der Waals surface area contributed by atoms with Gasteiger partial charge in [0.25, 0.3) is 0 Å². The Kier molecular flexibility index (Phi) is 3.33. The van der Waals surface area contributed by atoms with Gasteiger partial charge in [-0.05, 0) is 29.9 Å². The molecule has 7 heteroatoms. The minimum atomic E-state index is 0.375. The Labute approximate surface area is 102 Å². The molecule has 0 aliphatic carbocycles. The molecule has 1 heterocycles. The molecule has 3 N–H and O–H groups in total. The topological polar surface area (TPSA) is 68.9 Å². The Hall–Kier alpha value is -1.66. The Morgan fingerprint density at radius 2 is 2.31 bits per heavy atom. The molecule has 0 aliphatic rings. The van der Waals surface area contributed by atoms with Crippen molar-refractivity contribution in [3.8, 4) is 0 Å². The third kappa shape index (κ3) is 2.91. The highest BCUT2D eigenvalue weighted by atomic mass is 35.5. The van der Waals surface area contributed by atoms with Gasteiger partial charge < -0.3 is 0 Å². The van der Waals surface area contributed by atoms with E-state index >= 15 is 0 Å². The van der Waals surface area contributed by atoms with E-state index in [1.807, 2.05) is 12.1 Å². The van der Waals surface area contributed by atoms with E-state index in [1.165, 1.54) is 0 Å². The van der Waals surface area contributed by atoms with Crippen LogP contribution >= 0.6 is 23.8 Å². The number of hydrazone groups is 1. The molecular weight excluding hydrogens is 246 g/mol. The highest BCUT2D eigenvalue weighted by Crippen LogP contribution is 2.08. The monoisotopic (exact) mass is 253 g/mol. The molecule has 0 aliphatic heterocycles. The number of aromatic amines is 2. The summed E-state index contributed by atoms with van der Waals surface area (Å²) in [5.74, 6) is 0.461. The van der Waals surface area contributed by atoms with Crippen LogP contribution in [-0.4, -0.2) is 21.4 Å². The van der Waals surface area contributed by atoms with Crippen LogP contribution in [0, 0.1) is 4.77 Å². The number of benzene rings is 1. The van der Waals surface area contributed by atoms with Gasteiger partial charge >= 0.3 is 0 Å². The van der Waals surface area contributed by atoms with Crippen molar-refractivity contribution in [1.29, 1.82) is 0 Å². The van der Waals surface area contributed by atoms with E-state index < -0.39 is 0 Å². The van der Waals surface area contributed by atoms with Gasteiger partial charge in [-0.1, -0.05) is 23.7 Å². The third-order valence-electron chi connectivity index (χ3n) is 1.73. The van der Waals surface area contributed by atoms with E-state index in [4.69, 9.17) is 23.8 Å². The maximum atomic E-state index is 5.82. The fourth-order valence-corrected chi connectivity index (χ4v) is 1.42. The van der Waals surface area contributed by atoms with Crippen molar-refractivity contribution in [2.45, 2.75) is 0 Å². The molecule has 82 valence electrons. The number of H-pyrrole nitrogens is 2. The molecule has 0 fully saturated rings. The quantitative estimate of drug-likeness (QED) is 0.447. The van der Waals surface area contributed by atoms with E-state index in [-0.39, 0.29) is 0 Å². The van der Waals surface area contributed by atoms with E-state index in [1.54, 1.807) is 18.3 Å². The number of hydrogen-bond donors (Lipinski definition) is 3. The van der Waals surface area contributed by atoms with Crippen molar-refractivity contribution in [3.05, 3.63) is 39.6 Å². The number of anilines is 1. The minimum Gasteiger partial charge on any atom is -0.272 e. The van der Waals surface area contributed by atoms with E-state index in [0.29, 0.717) is 15.7 Å². The average molecular weight is 254 g/mol. The second kappa shape index (κ2) is 4.91. The second-order valence-electron chi connectivity index (χ2n) is 2.94. The molecule has 16 heavy (non-hydrogen) atoms. The van der Waals surface area contributed by atoms with Crippen LogP contribution < -0.4 is 5.43 Å². The molecule has 0 bridgehead atoms. The van der Waals surface area contributed by atoms with Crippen molar-refractivity contribution < 1.29 is 0 Å². The Balaban J connectivity index is 2.02. The van der Waals surface area contributed by atoms with Crippen LogP contribution in [0.15, 0.2) is 29.4 Å². The highest BCUT2D eigenvalue weighted by molar-refractivity contribution is 7.71. The van der Waals surface area contributed by atoms with Gasteiger partial charge in [0.2, 0.25) is 10.7 Å². The number of hydrogen-bond acceptors (Lipinski definition) is 4. The lowest BCUT2D eigenvalue weighted by atomic mass is 10.2. The first-order valence-electron chi connectivity index (χ1n) is 4.43. The SMILES string of the molecule is S=c1nc(N/N=C\c2cccc(Cl)c2)[nH][nH]1.